The van der Waals surface area contributed by atoms with E-state index < -0.39 is 0 Å². The van der Waals surface area contributed by atoms with Gasteiger partial charge in [0.2, 0.25) is 0 Å². The van der Waals surface area contributed by atoms with Gasteiger partial charge in [0.25, 0.3) is 0 Å². The van der Waals surface area contributed by atoms with E-state index in [9.17, 15) is 4.79 Å². The molecule has 2 aromatic carbocycles. The smallest absolute Gasteiger partial charge is 0.321 e. The van der Waals surface area contributed by atoms with Crippen LogP contribution in [0.3, 0.4) is 0 Å². The topological polar surface area (TPSA) is 53.6 Å². The lowest BCUT2D eigenvalue weighted by Crippen LogP contribution is -2.48. The zero-order valence-corrected chi connectivity index (χ0v) is 16.9. The minimum atomic E-state index is -0.0195. The third-order valence-electron chi connectivity index (χ3n) is 4.78. The second-order valence-corrected chi connectivity index (χ2v) is 7.42. The molecule has 0 aromatic heterocycles. The van der Waals surface area contributed by atoms with Crippen molar-refractivity contribution in [3.05, 3.63) is 59.1 Å². The largest absolute Gasteiger partial charge is 0.494 e. The molecule has 2 N–H and O–H groups in total. The Kier molecular flexibility index (Phi) is 8.00. The van der Waals surface area contributed by atoms with Crippen molar-refractivity contribution in [3.63, 3.8) is 0 Å². The zero-order chi connectivity index (χ0) is 19.6. The number of benzene rings is 2. The molecule has 6 heteroatoms. The molecule has 0 aliphatic carbocycles. The van der Waals surface area contributed by atoms with Crippen molar-refractivity contribution in [3.8, 4) is 5.75 Å². The maximum atomic E-state index is 12.2. The standard InChI is InChI=1S/C22H28ClN3O2/c23-19-6-4-7-21(17-19)28-16-3-1-2-5-18-8-10-20(11-9-18)25-22(27)26-14-12-24-13-15-26/h4,6-11,17,24H,1-3,5,12-16H2,(H,25,27). The van der Waals surface area contributed by atoms with Gasteiger partial charge in [0, 0.05) is 36.9 Å². The van der Waals surface area contributed by atoms with Crippen LogP contribution in [0.5, 0.6) is 5.75 Å². The molecule has 1 aliphatic rings. The molecule has 0 saturated carbocycles. The first-order chi connectivity index (χ1) is 13.7. The first kappa shape index (κ1) is 20.5. The van der Waals surface area contributed by atoms with E-state index >= 15 is 0 Å². The number of ether oxygens (including phenoxy) is 1. The molecule has 1 fully saturated rings. The van der Waals surface area contributed by atoms with Gasteiger partial charge in [-0.3, -0.25) is 0 Å². The number of nitrogens with zero attached hydrogens (tertiary/aromatic N) is 1. The van der Waals surface area contributed by atoms with Crippen LogP contribution in [0, 0.1) is 0 Å². The summed E-state index contributed by atoms with van der Waals surface area (Å²) in [5.41, 5.74) is 2.14. The van der Waals surface area contributed by atoms with Crippen molar-refractivity contribution in [1.29, 1.82) is 0 Å². The van der Waals surface area contributed by atoms with E-state index in [0.29, 0.717) is 11.6 Å². The number of amides is 2. The molecule has 1 heterocycles. The zero-order valence-electron chi connectivity index (χ0n) is 16.1. The molecule has 1 saturated heterocycles. The summed E-state index contributed by atoms with van der Waals surface area (Å²) >= 11 is 5.95. The van der Waals surface area contributed by atoms with Crippen molar-refractivity contribution < 1.29 is 9.53 Å². The summed E-state index contributed by atoms with van der Waals surface area (Å²) in [5, 5.41) is 6.92. The van der Waals surface area contributed by atoms with Gasteiger partial charge in [-0.05, 0) is 61.6 Å². The van der Waals surface area contributed by atoms with Crippen LogP contribution in [0.1, 0.15) is 24.8 Å². The normalized spacial score (nSPS) is 14.0. The number of anilines is 1. The summed E-state index contributed by atoms with van der Waals surface area (Å²) in [6, 6.07) is 15.6. The fraction of sp³-hybridized carbons (Fsp3) is 0.409. The van der Waals surface area contributed by atoms with E-state index in [1.54, 1.807) is 0 Å². The summed E-state index contributed by atoms with van der Waals surface area (Å²) in [7, 11) is 0. The van der Waals surface area contributed by atoms with Gasteiger partial charge in [-0.25, -0.2) is 4.79 Å². The quantitative estimate of drug-likeness (QED) is 0.637. The number of piperazine rings is 1. The Morgan fingerprint density at radius 3 is 2.61 bits per heavy atom. The van der Waals surface area contributed by atoms with Crippen molar-refractivity contribution in [2.45, 2.75) is 25.7 Å². The van der Waals surface area contributed by atoms with E-state index in [0.717, 1.165) is 63.3 Å². The number of carbonyl (C=O) groups excluding carboxylic acids is 1. The molecule has 0 bridgehead atoms. The SMILES string of the molecule is O=C(Nc1ccc(CCCCCOc2cccc(Cl)c2)cc1)N1CCNCC1. The number of nitrogens with one attached hydrogen (secondary N) is 2. The number of hydrogen-bond acceptors (Lipinski definition) is 3. The molecule has 28 heavy (non-hydrogen) atoms. The van der Waals surface area contributed by atoms with Crippen LogP contribution in [0.25, 0.3) is 0 Å². The predicted molar refractivity (Wildman–Crippen MR) is 114 cm³/mol. The Morgan fingerprint density at radius 1 is 1.07 bits per heavy atom. The van der Waals surface area contributed by atoms with E-state index in [1.807, 2.05) is 41.3 Å². The van der Waals surface area contributed by atoms with Gasteiger partial charge in [-0.1, -0.05) is 29.8 Å². The molecule has 150 valence electrons. The number of unbranched alkanes of at least 4 members (excludes halogenated alkanes) is 2. The van der Waals surface area contributed by atoms with Gasteiger partial charge in [0.15, 0.2) is 0 Å². The van der Waals surface area contributed by atoms with Gasteiger partial charge < -0.3 is 20.3 Å². The first-order valence-electron chi connectivity index (χ1n) is 9.95. The highest BCUT2D eigenvalue weighted by Crippen LogP contribution is 2.18. The fourth-order valence-corrected chi connectivity index (χ4v) is 3.36. The van der Waals surface area contributed by atoms with Crippen molar-refractivity contribution in [2.24, 2.45) is 0 Å². The summed E-state index contributed by atoms with van der Waals surface area (Å²) in [6.07, 6.45) is 4.28. The number of hydrogen-bond donors (Lipinski definition) is 2. The van der Waals surface area contributed by atoms with Crippen LogP contribution in [-0.4, -0.2) is 43.7 Å². The number of halogens is 1. The van der Waals surface area contributed by atoms with Gasteiger partial charge in [-0.2, -0.15) is 0 Å². The van der Waals surface area contributed by atoms with Crippen LogP contribution >= 0.6 is 11.6 Å². The van der Waals surface area contributed by atoms with Gasteiger partial charge in [0.1, 0.15) is 5.75 Å². The van der Waals surface area contributed by atoms with E-state index in [-0.39, 0.29) is 6.03 Å². The van der Waals surface area contributed by atoms with Crippen molar-refractivity contribution in [1.82, 2.24) is 10.2 Å². The van der Waals surface area contributed by atoms with Crippen LogP contribution in [0.15, 0.2) is 48.5 Å². The molecule has 0 spiro atoms. The van der Waals surface area contributed by atoms with Crippen LogP contribution < -0.4 is 15.4 Å². The molecule has 0 unspecified atom stereocenters. The van der Waals surface area contributed by atoms with E-state index in [4.69, 9.17) is 16.3 Å². The third-order valence-corrected chi connectivity index (χ3v) is 5.02. The minimum Gasteiger partial charge on any atom is -0.494 e. The second kappa shape index (κ2) is 10.9. The second-order valence-electron chi connectivity index (χ2n) is 6.98. The maximum Gasteiger partial charge on any atom is 0.321 e. The number of urea groups is 1. The molecule has 2 aromatic rings. The molecule has 5 nitrogen and oxygen atoms in total. The van der Waals surface area contributed by atoms with Gasteiger partial charge in [-0.15, -0.1) is 0 Å². The maximum absolute atomic E-state index is 12.2. The Bertz CT molecular complexity index is 746. The van der Waals surface area contributed by atoms with E-state index in [1.165, 1.54) is 5.56 Å². The Hall–Kier alpha value is -2.24. The van der Waals surface area contributed by atoms with Crippen molar-refractivity contribution >= 4 is 23.3 Å². The number of aryl methyl sites for hydroxylation is 1. The highest BCUT2D eigenvalue weighted by atomic mass is 35.5. The summed E-state index contributed by atoms with van der Waals surface area (Å²) in [6.45, 7) is 3.93. The molecule has 3 rings (SSSR count). The first-order valence-corrected chi connectivity index (χ1v) is 10.3. The monoisotopic (exact) mass is 401 g/mol. The highest BCUT2D eigenvalue weighted by Gasteiger charge is 2.15. The lowest BCUT2D eigenvalue weighted by molar-refractivity contribution is 0.204. The predicted octanol–water partition coefficient (Wildman–Crippen LogP) is 4.57. The molecular weight excluding hydrogens is 374 g/mol. The molecule has 0 radical (unpaired) electrons. The Labute approximate surface area is 172 Å². The Balaban J connectivity index is 1.31. The summed E-state index contributed by atoms with van der Waals surface area (Å²) < 4.78 is 5.71. The average molecular weight is 402 g/mol. The molecule has 1 aliphatic heterocycles. The number of carbonyl (C=O) groups is 1. The highest BCUT2D eigenvalue weighted by molar-refractivity contribution is 6.30. The summed E-state index contributed by atoms with van der Waals surface area (Å²) in [4.78, 5) is 14.1. The number of rotatable bonds is 8. The summed E-state index contributed by atoms with van der Waals surface area (Å²) in [5.74, 6) is 0.825. The lowest BCUT2D eigenvalue weighted by atomic mass is 10.1. The Morgan fingerprint density at radius 2 is 1.86 bits per heavy atom. The third kappa shape index (κ3) is 6.73. The molecular formula is C22H28ClN3O2. The minimum absolute atomic E-state index is 0.0195. The van der Waals surface area contributed by atoms with Crippen molar-refractivity contribution in [2.75, 3.05) is 38.1 Å². The molecule has 2 amide bonds. The van der Waals surface area contributed by atoms with Crippen LogP contribution in [-0.2, 0) is 6.42 Å². The van der Waals surface area contributed by atoms with Crippen LogP contribution in [0.2, 0.25) is 5.02 Å². The van der Waals surface area contributed by atoms with Gasteiger partial charge >= 0.3 is 6.03 Å². The average Bonchev–Trinajstić information content (AvgIpc) is 2.72. The lowest BCUT2D eigenvalue weighted by Gasteiger charge is -2.27. The van der Waals surface area contributed by atoms with Gasteiger partial charge in [0.05, 0.1) is 6.61 Å². The van der Waals surface area contributed by atoms with Crippen LogP contribution in [0.4, 0.5) is 10.5 Å². The molecule has 0 atom stereocenters. The van der Waals surface area contributed by atoms with E-state index in [2.05, 4.69) is 22.8 Å². The fourth-order valence-electron chi connectivity index (χ4n) is 3.18.